The maximum atomic E-state index is 13.2. The van der Waals surface area contributed by atoms with Gasteiger partial charge in [0.15, 0.2) is 0 Å². The number of amides is 1. The lowest BCUT2D eigenvalue weighted by molar-refractivity contribution is 0.0553. The maximum absolute atomic E-state index is 13.2. The maximum Gasteiger partial charge on any atom is 0.271 e. The zero-order valence-electron chi connectivity index (χ0n) is 15.4. The van der Waals surface area contributed by atoms with E-state index in [1.807, 2.05) is 53.6 Å². The Kier molecular flexibility index (Phi) is 4.41. The lowest BCUT2D eigenvalue weighted by Crippen LogP contribution is -2.49. The van der Waals surface area contributed by atoms with E-state index in [1.54, 1.807) is 6.20 Å². The second-order valence-corrected chi connectivity index (χ2v) is 7.95. The standard InChI is InChI=1S/C22H21ClN4O/c23-17-8-6-16(7-9-17)12-25-14-20-21(15-25)27(13-18-4-1-2-10-24-18)22(28)19-5-3-11-26(19)20/h1-11,20-21H,12-15H2/t20-,21+/m1/s1. The van der Waals surface area contributed by atoms with Crippen molar-refractivity contribution in [1.82, 2.24) is 19.4 Å². The normalized spacial score (nSPS) is 21.6. The highest BCUT2D eigenvalue weighted by atomic mass is 35.5. The molecule has 1 amide bonds. The van der Waals surface area contributed by atoms with Crippen LogP contribution in [-0.2, 0) is 13.1 Å². The summed E-state index contributed by atoms with van der Waals surface area (Å²) in [4.78, 5) is 22.0. The number of nitrogens with zero attached hydrogens (tertiary/aromatic N) is 4. The molecule has 0 spiro atoms. The molecule has 1 fully saturated rings. The summed E-state index contributed by atoms with van der Waals surface area (Å²) in [6.45, 7) is 3.16. The van der Waals surface area contributed by atoms with Crippen LogP contribution in [0.3, 0.4) is 0 Å². The fourth-order valence-electron chi connectivity index (χ4n) is 4.42. The molecule has 28 heavy (non-hydrogen) atoms. The summed E-state index contributed by atoms with van der Waals surface area (Å²) in [7, 11) is 0. The number of likely N-dealkylation sites (tertiary alicyclic amines) is 1. The first-order chi connectivity index (χ1) is 13.7. The molecule has 1 aromatic carbocycles. The predicted molar refractivity (Wildman–Crippen MR) is 108 cm³/mol. The van der Waals surface area contributed by atoms with Gasteiger partial charge >= 0.3 is 0 Å². The Balaban J connectivity index is 1.42. The van der Waals surface area contributed by atoms with Crippen molar-refractivity contribution in [3.05, 3.63) is 89.0 Å². The van der Waals surface area contributed by atoms with Crippen LogP contribution in [-0.4, -0.2) is 44.4 Å². The molecule has 2 aliphatic rings. The lowest BCUT2D eigenvalue weighted by atomic mass is 10.1. The number of hydrogen-bond donors (Lipinski definition) is 0. The number of halogens is 1. The third kappa shape index (κ3) is 3.11. The molecule has 5 rings (SSSR count). The van der Waals surface area contributed by atoms with Crippen LogP contribution in [0.1, 0.15) is 27.8 Å². The number of fused-ring (bicyclic) bond motifs is 3. The zero-order valence-corrected chi connectivity index (χ0v) is 16.2. The zero-order chi connectivity index (χ0) is 19.1. The molecule has 0 unspecified atom stereocenters. The van der Waals surface area contributed by atoms with Crippen molar-refractivity contribution in [3.8, 4) is 0 Å². The van der Waals surface area contributed by atoms with Crippen molar-refractivity contribution >= 4 is 17.5 Å². The summed E-state index contributed by atoms with van der Waals surface area (Å²) < 4.78 is 2.16. The number of aromatic nitrogens is 2. The Morgan fingerprint density at radius 1 is 0.964 bits per heavy atom. The molecular formula is C22H21ClN4O. The molecule has 3 aromatic rings. The second kappa shape index (κ2) is 7.08. The molecule has 0 aliphatic carbocycles. The summed E-state index contributed by atoms with van der Waals surface area (Å²) in [6, 6.07) is 18.2. The predicted octanol–water partition coefficient (Wildman–Crippen LogP) is 3.62. The van der Waals surface area contributed by atoms with E-state index in [0.29, 0.717) is 6.54 Å². The summed E-state index contributed by atoms with van der Waals surface area (Å²) in [6.07, 6.45) is 3.82. The van der Waals surface area contributed by atoms with Crippen molar-refractivity contribution < 1.29 is 4.79 Å². The van der Waals surface area contributed by atoms with E-state index >= 15 is 0 Å². The van der Waals surface area contributed by atoms with Crippen LogP contribution in [0.2, 0.25) is 5.02 Å². The van der Waals surface area contributed by atoms with E-state index in [1.165, 1.54) is 5.56 Å². The molecular weight excluding hydrogens is 372 g/mol. The SMILES string of the molecule is O=C1c2cccn2[C@@H]2CN(Cc3ccc(Cl)cc3)C[C@@H]2N1Cc1ccccn1. The van der Waals surface area contributed by atoms with E-state index in [0.717, 1.165) is 36.0 Å². The van der Waals surface area contributed by atoms with Gasteiger partial charge in [-0.3, -0.25) is 14.7 Å². The van der Waals surface area contributed by atoms with Gasteiger partial charge in [-0.1, -0.05) is 29.8 Å². The lowest BCUT2D eigenvalue weighted by Gasteiger charge is -2.38. The van der Waals surface area contributed by atoms with Gasteiger partial charge in [-0.15, -0.1) is 0 Å². The number of carbonyl (C=O) groups excluding carboxylic acids is 1. The van der Waals surface area contributed by atoms with E-state index in [4.69, 9.17) is 11.6 Å². The van der Waals surface area contributed by atoms with Gasteiger partial charge in [-0.25, -0.2) is 0 Å². The number of benzene rings is 1. The van der Waals surface area contributed by atoms with Crippen molar-refractivity contribution in [2.24, 2.45) is 0 Å². The van der Waals surface area contributed by atoms with Crippen LogP contribution in [0.5, 0.6) is 0 Å². The van der Waals surface area contributed by atoms with E-state index in [9.17, 15) is 4.79 Å². The van der Waals surface area contributed by atoms with Crippen molar-refractivity contribution in [1.29, 1.82) is 0 Å². The summed E-state index contributed by atoms with van der Waals surface area (Å²) >= 11 is 6.02. The van der Waals surface area contributed by atoms with Crippen LogP contribution in [0.4, 0.5) is 0 Å². The number of hydrogen-bond acceptors (Lipinski definition) is 3. The number of pyridine rings is 1. The first kappa shape index (κ1) is 17.5. The molecule has 0 bridgehead atoms. The number of carbonyl (C=O) groups is 1. The fraction of sp³-hybridized carbons (Fsp3) is 0.273. The number of rotatable bonds is 4. The van der Waals surface area contributed by atoms with E-state index in [-0.39, 0.29) is 18.0 Å². The average Bonchev–Trinajstić information content (AvgIpc) is 3.35. The van der Waals surface area contributed by atoms with Crippen LogP contribution >= 0.6 is 11.6 Å². The second-order valence-electron chi connectivity index (χ2n) is 7.51. The average molecular weight is 393 g/mol. The first-order valence-electron chi connectivity index (χ1n) is 9.53. The molecule has 4 heterocycles. The molecule has 1 saturated heterocycles. The van der Waals surface area contributed by atoms with Crippen molar-refractivity contribution in [2.75, 3.05) is 13.1 Å². The fourth-order valence-corrected chi connectivity index (χ4v) is 4.55. The Bertz CT molecular complexity index is 985. The third-order valence-corrected chi connectivity index (χ3v) is 5.98. The van der Waals surface area contributed by atoms with Crippen molar-refractivity contribution in [2.45, 2.75) is 25.2 Å². The highest BCUT2D eigenvalue weighted by Crippen LogP contribution is 2.35. The van der Waals surface area contributed by atoms with Gasteiger partial charge in [0.05, 0.1) is 24.3 Å². The summed E-state index contributed by atoms with van der Waals surface area (Å²) in [5.74, 6) is 0.0882. The Labute approximate surface area is 169 Å². The molecule has 0 N–H and O–H groups in total. The van der Waals surface area contributed by atoms with Gasteiger partial charge in [0, 0.05) is 37.1 Å². The highest BCUT2D eigenvalue weighted by molar-refractivity contribution is 6.30. The van der Waals surface area contributed by atoms with E-state index < -0.39 is 0 Å². The minimum atomic E-state index is 0.0882. The third-order valence-electron chi connectivity index (χ3n) is 5.73. The summed E-state index contributed by atoms with van der Waals surface area (Å²) in [5.41, 5.74) is 2.93. The van der Waals surface area contributed by atoms with Gasteiger partial charge in [0.1, 0.15) is 5.69 Å². The molecule has 142 valence electrons. The van der Waals surface area contributed by atoms with Gasteiger partial charge in [0.25, 0.3) is 5.91 Å². The quantitative estimate of drug-likeness (QED) is 0.681. The molecule has 0 radical (unpaired) electrons. The van der Waals surface area contributed by atoms with Gasteiger partial charge in [-0.05, 0) is 42.0 Å². The van der Waals surface area contributed by atoms with Crippen molar-refractivity contribution in [3.63, 3.8) is 0 Å². The Morgan fingerprint density at radius 3 is 2.57 bits per heavy atom. The largest absolute Gasteiger partial charge is 0.337 e. The molecule has 5 nitrogen and oxygen atoms in total. The monoisotopic (exact) mass is 392 g/mol. The minimum absolute atomic E-state index is 0.0882. The topological polar surface area (TPSA) is 41.4 Å². The van der Waals surface area contributed by atoms with Crippen LogP contribution in [0, 0.1) is 0 Å². The van der Waals surface area contributed by atoms with Gasteiger partial charge < -0.3 is 9.47 Å². The highest BCUT2D eigenvalue weighted by Gasteiger charge is 2.44. The molecule has 6 heteroatoms. The van der Waals surface area contributed by atoms with Gasteiger partial charge in [0.2, 0.25) is 0 Å². The van der Waals surface area contributed by atoms with Crippen LogP contribution in [0.25, 0.3) is 0 Å². The van der Waals surface area contributed by atoms with Crippen LogP contribution < -0.4 is 0 Å². The smallest absolute Gasteiger partial charge is 0.271 e. The van der Waals surface area contributed by atoms with Crippen LogP contribution in [0.15, 0.2) is 67.0 Å². The Morgan fingerprint density at radius 2 is 1.79 bits per heavy atom. The van der Waals surface area contributed by atoms with Gasteiger partial charge in [-0.2, -0.15) is 0 Å². The molecule has 2 aliphatic heterocycles. The summed E-state index contributed by atoms with van der Waals surface area (Å²) in [5, 5.41) is 0.753. The first-order valence-corrected chi connectivity index (χ1v) is 9.91. The van der Waals surface area contributed by atoms with E-state index in [2.05, 4.69) is 26.6 Å². The Hall–Kier alpha value is -2.63. The molecule has 0 saturated carbocycles. The molecule has 2 aromatic heterocycles. The minimum Gasteiger partial charge on any atom is -0.337 e. The molecule has 2 atom stereocenters.